The third-order valence-corrected chi connectivity index (χ3v) is 5.49. The van der Waals surface area contributed by atoms with Crippen LogP contribution in [0.15, 0.2) is 0 Å². The Labute approximate surface area is 96.1 Å². The quantitative estimate of drug-likeness (QED) is 0.645. The van der Waals surface area contributed by atoms with Gasteiger partial charge < -0.3 is 4.74 Å². The zero-order chi connectivity index (χ0) is 11.3. The van der Waals surface area contributed by atoms with Crippen LogP contribution in [0, 0.1) is 5.41 Å². The summed E-state index contributed by atoms with van der Waals surface area (Å²) in [7, 11) is 0. The zero-order valence-corrected chi connectivity index (χ0v) is 10.8. The number of hydrogen-bond acceptors (Lipinski definition) is 3. The predicted molar refractivity (Wildman–Crippen MR) is 63.0 cm³/mol. The molecule has 0 spiro atoms. The first kappa shape index (κ1) is 11.3. The Morgan fingerprint density at radius 3 is 2.40 bits per heavy atom. The number of esters is 1. The summed E-state index contributed by atoms with van der Waals surface area (Å²) in [4.78, 5) is 11.3. The van der Waals surface area contributed by atoms with E-state index in [1.165, 1.54) is 19.8 Å². The van der Waals surface area contributed by atoms with Crippen molar-refractivity contribution in [2.45, 2.75) is 63.1 Å². The lowest BCUT2D eigenvalue weighted by molar-refractivity contribution is -0.173. The number of hydrogen-bond donors (Lipinski definition) is 0. The molecule has 0 aromatic rings. The highest BCUT2D eigenvalue weighted by Crippen LogP contribution is 2.59. The number of ether oxygens (including phenoxy) is 1. The first-order chi connectivity index (χ1) is 6.85. The molecule has 3 heteroatoms. The van der Waals surface area contributed by atoms with Crippen LogP contribution in [0.25, 0.3) is 0 Å². The molecule has 3 atom stereocenters. The van der Waals surface area contributed by atoms with E-state index in [0.717, 1.165) is 6.42 Å². The number of carbonyl (C=O) groups excluding carboxylic acids is 1. The second-order valence-corrected chi connectivity index (χ2v) is 7.27. The van der Waals surface area contributed by atoms with E-state index in [2.05, 4.69) is 20.8 Å². The molecule has 2 aliphatic heterocycles. The van der Waals surface area contributed by atoms with E-state index in [4.69, 9.17) is 4.74 Å². The van der Waals surface area contributed by atoms with Crippen LogP contribution in [0.2, 0.25) is 0 Å². The van der Waals surface area contributed by atoms with Crippen LogP contribution in [-0.4, -0.2) is 22.1 Å². The summed E-state index contributed by atoms with van der Waals surface area (Å²) in [6, 6.07) is 0. The summed E-state index contributed by atoms with van der Waals surface area (Å²) >= 11 is 2.03. The van der Waals surface area contributed by atoms with Crippen LogP contribution in [0.5, 0.6) is 0 Å². The monoisotopic (exact) mass is 228 g/mol. The van der Waals surface area contributed by atoms with E-state index in [1.54, 1.807) is 0 Å². The second-order valence-electron chi connectivity index (χ2n) is 5.76. The SMILES string of the molecule is CC(=O)OC1(C(C)(C)C)CC2CCC1S2. The lowest BCUT2D eigenvalue weighted by Crippen LogP contribution is -2.53. The fourth-order valence-corrected chi connectivity index (χ4v) is 5.05. The third-order valence-electron chi connectivity index (χ3n) is 3.75. The standard InChI is InChI=1S/C12H20O2S/c1-8(13)14-12(11(2,3)4)7-9-5-6-10(12)15-9/h9-10H,5-7H2,1-4H3. The van der Waals surface area contributed by atoms with Gasteiger partial charge >= 0.3 is 5.97 Å². The number of fused-ring (bicyclic) bond motifs is 2. The van der Waals surface area contributed by atoms with Crippen LogP contribution in [0.1, 0.15) is 47.0 Å². The molecule has 3 unspecified atom stereocenters. The Hall–Kier alpha value is -0.180. The van der Waals surface area contributed by atoms with E-state index >= 15 is 0 Å². The van der Waals surface area contributed by atoms with Crippen LogP contribution in [0.4, 0.5) is 0 Å². The first-order valence-electron chi connectivity index (χ1n) is 5.70. The first-order valence-corrected chi connectivity index (χ1v) is 6.64. The molecular weight excluding hydrogens is 208 g/mol. The normalized spacial score (nSPS) is 39.5. The van der Waals surface area contributed by atoms with Crippen molar-refractivity contribution in [2.24, 2.45) is 5.41 Å². The van der Waals surface area contributed by atoms with E-state index in [0.29, 0.717) is 10.5 Å². The molecule has 2 fully saturated rings. The molecule has 0 aliphatic carbocycles. The Morgan fingerprint density at radius 1 is 1.40 bits per heavy atom. The van der Waals surface area contributed by atoms with Gasteiger partial charge in [0, 0.05) is 29.3 Å². The van der Waals surface area contributed by atoms with Crippen LogP contribution in [0.3, 0.4) is 0 Å². The fourth-order valence-electron chi connectivity index (χ4n) is 2.97. The summed E-state index contributed by atoms with van der Waals surface area (Å²) in [5.74, 6) is -0.127. The summed E-state index contributed by atoms with van der Waals surface area (Å²) in [5, 5.41) is 1.24. The maximum Gasteiger partial charge on any atom is 0.303 e. The van der Waals surface area contributed by atoms with Gasteiger partial charge in [-0.15, -0.1) is 0 Å². The molecule has 0 aromatic carbocycles. The third kappa shape index (κ3) is 1.69. The molecule has 0 amide bonds. The van der Waals surface area contributed by atoms with Gasteiger partial charge in [-0.25, -0.2) is 0 Å². The minimum atomic E-state index is -0.216. The summed E-state index contributed by atoms with van der Waals surface area (Å²) < 4.78 is 5.74. The predicted octanol–water partition coefficient (Wildman–Crippen LogP) is 3.00. The smallest absolute Gasteiger partial charge is 0.303 e. The number of thioether (sulfide) groups is 1. The molecule has 2 saturated heterocycles. The van der Waals surface area contributed by atoms with Crippen molar-refractivity contribution in [3.05, 3.63) is 0 Å². The number of carbonyl (C=O) groups is 1. The molecule has 15 heavy (non-hydrogen) atoms. The van der Waals surface area contributed by atoms with Crippen LogP contribution >= 0.6 is 11.8 Å². The molecule has 0 saturated carbocycles. The summed E-state index contributed by atoms with van der Waals surface area (Å²) in [5.41, 5.74) is -0.169. The van der Waals surface area contributed by atoms with Crippen LogP contribution in [-0.2, 0) is 9.53 Å². The van der Waals surface area contributed by atoms with Crippen molar-refractivity contribution in [1.29, 1.82) is 0 Å². The zero-order valence-electron chi connectivity index (χ0n) is 10.0. The summed E-state index contributed by atoms with van der Waals surface area (Å²) in [6.45, 7) is 8.11. The molecule has 2 rings (SSSR count). The minimum Gasteiger partial charge on any atom is -0.457 e. The molecular formula is C12H20O2S. The Kier molecular flexibility index (Phi) is 2.57. The highest BCUT2D eigenvalue weighted by Gasteiger charge is 2.60. The fraction of sp³-hybridized carbons (Fsp3) is 0.917. The average molecular weight is 228 g/mol. The molecule has 2 heterocycles. The van der Waals surface area contributed by atoms with Gasteiger partial charge in [-0.3, -0.25) is 4.79 Å². The van der Waals surface area contributed by atoms with E-state index < -0.39 is 0 Å². The van der Waals surface area contributed by atoms with Crippen molar-refractivity contribution >= 4 is 17.7 Å². The maximum atomic E-state index is 11.3. The maximum absolute atomic E-state index is 11.3. The molecule has 2 nitrogen and oxygen atoms in total. The van der Waals surface area contributed by atoms with Gasteiger partial charge in [-0.2, -0.15) is 11.8 Å². The van der Waals surface area contributed by atoms with Gasteiger partial charge in [-0.05, 0) is 12.8 Å². The van der Waals surface area contributed by atoms with Crippen molar-refractivity contribution in [2.75, 3.05) is 0 Å². The largest absolute Gasteiger partial charge is 0.457 e. The van der Waals surface area contributed by atoms with Gasteiger partial charge in [0.25, 0.3) is 0 Å². The number of rotatable bonds is 1. The molecule has 86 valence electrons. The Balaban J connectivity index is 2.28. The average Bonchev–Trinajstić information content (AvgIpc) is 2.60. The van der Waals surface area contributed by atoms with Crippen molar-refractivity contribution < 1.29 is 9.53 Å². The van der Waals surface area contributed by atoms with Gasteiger partial charge in [0.2, 0.25) is 0 Å². The lowest BCUT2D eigenvalue weighted by Gasteiger charge is -2.46. The van der Waals surface area contributed by atoms with Gasteiger partial charge in [0.1, 0.15) is 5.60 Å². The van der Waals surface area contributed by atoms with E-state index in [1.807, 2.05) is 11.8 Å². The van der Waals surface area contributed by atoms with Gasteiger partial charge in [0.15, 0.2) is 0 Å². The lowest BCUT2D eigenvalue weighted by atomic mass is 9.68. The van der Waals surface area contributed by atoms with E-state index in [-0.39, 0.29) is 17.0 Å². The second kappa shape index (κ2) is 3.41. The Morgan fingerprint density at radius 2 is 2.07 bits per heavy atom. The summed E-state index contributed by atoms with van der Waals surface area (Å²) in [6.07, 6.45) is 3.56. The Bertz CT molecular complexity index is 282. The highest BCUT2D eigenvalue weighted by molar-refractivity contribution is 8.01. The van der Waals surface area contributed by atoms with Gasteiger partial charge in [-0.1, -0.05) is 20.8 Å². The van der Waals surface area contributed by atoms with Crippen molar-refractivity contribution in [3.63, 3.8) is 0 Å². The molecule has 0 N–H and O–H groups in total. The minimum absolute atomic E-state index is 0.0471. The van der Waals surface area contributed by atoms with Crippen LogP contribution < -0.4 is 0 Å². The van der Waals surface area contributed by atoms with Crippen molar-refractivity contribution in [3.8, 4) is 0 Å². The van der Waals surface area contributed by atoms with Gasteiger partial charge in [0.05, 0.1) is 0 Å². The molecule has 2 bridgehead atoms. The van der Waals surface area contributed by atoms with E-state index in [9.17, 15) is 4.79 Å². The highest BCUT2D eigenvalue weighted by atomic mass is 32.2. The molecule has 0 aromatic heterocycles. The van der Waals surface area contributed by atoms with Crippen molar-refractivity contribution in [1.82, 2.24) is 0 Å². The topological polar surface area (TPSA) is 26.3 Å². The molecule has 2 aliphatic rings. The molecule has 0 radical (unpaired) electrons.